The number of aryl methyl sites for hydroxylation is 3. The third kappa shape index (κ3) is 1.92. The van der Waals surface area contributed by atoms with Crippen LogP contribution in [0.4, 0.5) is 0 Å². The van der Waals surface area contributed by atoms with Gasteiger partial charge in [-0.1, -0.05) is 17.7 Å². The molecule has 0 bridgehead atoms. The van der Waals surface area contributed by atoms with E-state index in [1.807, 2.05) is 6.08 Å². The van der Waals surface area contributed by atoms with E-state index in [9.17, 15) is 0 Å². The van der Waals surface area contributed by atoms with E-state index in [0.717, 1.165) is 0 Å². The Morgan fingerprint density at radius 1 is 1.08 bits per heavy atom. The molecule has 1 rings (SSSR count). The molecule has 0 atom stereocenters. The Balaban J connectivity index is 3.28. The first kappa shape index (κ1) is 9.40. The molecule has 0 spiro atoms. The maximum Gasteiger partial charge on any atom is -0.0193 e. The van der Waals surface area contributed by atoms with E-state index in [4.69, 9.17) is 0 Å². The summed E-state index contributed by atoms with van der Waals surface area (Å²) >= 11 is 4.07. The molecule has 0 N–H and O–H groups in total. The molecule has 0 aromatic heterocycles. The Kier molecular flexibility index (Phi) is 2.99. The van der Waals surface area contributed by atoms with Gasteiger partial charge in [0.05, 0.1) is 0 Å². The fourth-order valence-corrected chi connectivity index (χ4v) is 1.68. The minimum absolute atomic E-state index is 1.29. The van der Waals surface area contributed by atoms with Gasteiger partial charge < -0.3 is 0 Å². The van der Waals surface area contributed by atoms with Crippen LogP contribution < -0.4 is 0 Å². The first-order valence-electron chi connectivity index (χ1n) is 4.03. The van der Waals surface area contributed by atoms with Crippen LogP contribution in [0.3, 0.4) is 0 Å². The first-order chi connectivity index (χ1) is 5.65. The predicted octanol–water partition coefficient (Wildman–Crippen LogP) is 3.51. The molecule has 0 aliphatic rings. The standard InChI is InChI=1S/C11H14S/c1-8-6-9(2)11(4-5-12)10(3)7-8/h4-7,12H,1-3H3. The lowest BCUT2D eigenvalue weighted by atomic mass is 10.0. The summed E-state index contributed by atoms with van der Waals surface area (Å²) < 4.78 is 0. The summed E-state index contributed by atoms with van der Waals surface area (Å²) in [6.07, 6.45) is 2.03. The van der Waals surface area contributed by atoms with Gasteiger partial charge in [-0.15, -0.1) is 0 Å². The Labute approximate surface area is 79.7 Å². The number of hydrogen-bond donors (Lipinski definition) is 1. The lowest BCUT2D eigenvalue weighted by molar-refractivity contribution is 1.30. The highest BCUT2D eigenvalue weighted by molar-refractivity contribution is 7.83. The van der Waals surface area contributed by atoms with Crippen molar-refractivity contribution in [2.75, 3.05) is 0 Å². The van der Waals surface area contributed by atoms with Crippen LogP contribution in [-0.4, -0.2) is 0 Å². The SMILES string of the molecule is Cc1cc(C)c(C=CS)c(C)c1. The first-order valence-corrected chi connectivity index (χ1v) is 4.55. The van der Waals surface area contributed by atoms with Crippen LogP contribution >= 0.6 is 12.6 Å². The predicted molar refractivity (Wildman–Crippen MR) is 58.7 cm³/mol. The van der Waals surface area contributed by atoms with Crippen molar-refractivity contribution in [2.45, 2.75) is 20.8 Å². The zero-order valence-corrected chi connectivity index (χ0v) is 8.65. The van der Waals surface area contributed by atoms with Gasteiger partial charge in [-0.25, -0.2) is 0 Å². The van der Waals surface area contributed by atoms with Crippen LogP contribution in [-0.2, 0) is 0 Å². The van der Waals surface area contributed by atoms with Gasteiger partial charge >= 0.3 is 0 Å². The number of benzene rings is 1. The summed E-state index contributed by atoms with van der Waals surface area (Å²) in [6, 6.07) is 4.38. The molecule has 1 heteroatoms. The van der Waals surface area contributed by atoms with Crippen molar-refractivity contribution in [1.29, 1.82) is 0 Å². The lowest BCUT2D eigenvalue weighted by Crippen LogP contribution is -1.87. The molecule has 0 saturated heterocycles. The van der Waals surface area contributed by atoms with E-state index in [1.54, 1.807) is 5.41 Å². The van der Waals surface area contributed by atoms with Crippen molar-refractivity contribution in [2.24, 2.45) is 0 Å². The van der Waals surface area contributed by atoms with Crippen LogP contribution in [0, 0.1) is 20.8 Å². The average molecular weight is 178 g/mol. The van der Waals surface area contributed by atoms with E-state index >= 15 is 0 Å². The average Bonchev–Trinajstić information content (AvgIpc) is 1.96. The largest absolute Gasteiger partial charge is 0.151 e. The molecule has 0 heterocycles. The molecular weight excluding hydrogens is 164 g/mol. The topological polar surface area (TPSA) is 0 Å². The fourth-order valence-electron chi connectivity index (χ4n) is 1.53. The van der Waals surface area contributed by atoms with Crippen LogP contribution in [0.1, 0.15) is 22.3 Å². The molecule has 1 aromatic carbocycles. The highest BCUT2D eigenvalue weighted by atomic mass is 32.1. The van der Waals surface area contributed by atoms with Gasteiger partial charge in [0.15, 0.2) is 0 Å². The van der Waals surface area contributed by atoms with Gasteiger partial charge in [-0.2, -0.15) is 12.6 Å². The molecule has 0 nitrogen and oxygen atoms in total. The molecule has 0 aliphatic carbocycles. The van der Waals surface area contributed by atoms with Crippen molar-refractivity contribution in [3.8, 4) is 0 Å². The van der Waals surface area contributed by atoms with Crippen molar-refractivity contribution in [1.82, 2.24) is 0 Å². The Morgan fingerprint density at radius 2 is 1.58 bits per heavy atom. The third-order valence-corrected chi connectivity index (χ3v) is 2.13. The van der Waals surface area contributed by atoms with Crippen LogP contribution in [0.5, 0.6) is 0 Å². The minimum atomic E-state index is 1.29. The van der Waals surface area contributed by atoms with Gasteiger partial charge in [-0.3, -0.25) is 0 Å². The molecule has 0 amide bonds. The second-order valence-corrected chi connectivity index (χ2v) is 3.43. The fraction of sp³-hybridized carbons (Fsp3) is 0.273. The highest BCUT2D eigenvalue weighted by Crippen LogP contribution is 2.17. The van der Waals surface area contributed by atoms with E-state index in [1.165, 1.54) is 22.3 Å². The summed E-state index contributed by atoms with van der Waals surface area (Å²) in [4.78, 5) is 0. The molecule has 0 unspecified atom stereocenters. The van der Waals surface area contributed by atoms with Gasteiger partial charge in [0.2, 0.25) is 0 Å². The zero-order chi connectivity index (χ0) is 9.14. The molecule has 0 fully saturated rings. The Hall–Kier alpha value is -0.690. The quantitative estimate of drug-likeness (QED) is 0.625. The van der Waals surface area contributed by atoms with E-state index in [0.29, 0.717) is 0 Å². The molecule has 1 aromatic rings. The van der Waals surface area contributed by atoms with Crippen LogP contribution in [0.25, 0.3) is 6.08 Å². The van der Waals surface area contributed by atoms with Gasteiger partial charge in [0.1, 0.15) is 0 Å². The minimum Gasteiger partial charge on any atom is -0.151 e. The zero-order valence-electron chi connectivity index (χ0n) is 7.76. The normalized spacial score (nSPS) is 11.0. The smallest absolute Gasteiger partial charge is 0.0193 e. The van der Waals surface area contributed by atoms with Gasteiger partial charge in [0, 0.05) is 0 Å². The summed E-state index contributed by atoms with van der Waals surface area (Å²) in [5.74, 6) is 0. The number of thiol groups is 1. The summed E-state index contributed by atoms with van der Waals surface area (Å²) in [5.41, 5.74) is 5.24. The van der Waals surface area contributed by atoms with E-state index in [2.05, 4.69) is 45.5 Å². The monoisotopic (exact) mass is 178 g/mol. The third-order valence-electron chi connectivity index (χ3n) is 1.98. The molecule has 64 valence electrons. The molecule has 0 saturated carbocycles. The maximum absolute atomic E-state index is 4.07. The Bertz CT molecular complexity index is 288. The van der Waals surface area contributed by atoms with Crippen molar-refractivity contribution >= 4 is 18.7 Å². The molecular formula is C11H14S. The van der Waals surface area contributed by atoms with E-state index in [-0.39, 0.29) is 0 Å². The second kappa shape index (κ2) is 3.81. The second-order valence-electron chi connectivity index (χ2n) is 3.13. The lowest BCUT2D eigenvalue weighted by Gasteiger charge is -2.06. The summed E-state index contributed by atoms with van der Waals surface area (Å²) in [5, 5.41) is 1.78. The van der Waals surface area contributed by atoms with Crippen LogP contribution in [0.15, 0.2) is 17.5 Å². The van der Waals surface area contributed by atoms with Crippen molar-refractivity contribution < 1.29 is 0 Å². The molecule has 0 radical (unpaired) electrons. The summed E-state index contributed by atoms with van der Waals surface area (Å²) in [7, 11) is 0. The van der Waals surface area contributed by atoms with E-state index < -0.39 is 0 Å². The summed E-state index contributed by atoms with van der Waals surface area (Å²) in [6.45, 7) is 6.38. The highest BCUT2D eigenvalue weighted by Gasteiger charge is 1.98. The van der Waals surface area contributed by atoms with Crippen molar-refractivity contribution in [3.63, 3.8) is 0 Å². The van der Waals surface area contributed by atoms with Crippen molar-refractivity contribution in [3.05, 3.63) is 39.8 Å². The van der Waals surface area contributed by atoms with Crippen LogP contribution in [0.2, 0.25) is 0 Å². The maximum atomic E-state index is 4.07. The molecule has 12 heavy (non-hydrogen) atoms. The van der Waals surface area contributed by atoms with Gasteiger partial charge in [-0.05, 0) is 48.9 Å². The number of rotatable bonds is 1. The molecule has 0 aliphatic heterocycles. The Morgan fingerprint density at radius 3 is 2.00 bits per heavy atom. The number of hydrogen-bond acceptors (Lipinski definition) is 1. The van der Waals surface area contributed by atoms with Gasteiger partial charge in [0.25, 0.3) is 0 Å².